The number of hydrogen-bond donors (Lipinski definition) is 4. The SMILES string of the molecule is CCc1cc(C(=O)N(CC(=O)NCCCCCOC)CC(=O)NCCOCCOC)cc(C(=O)N(CC(=O)NCCOCCOC)CC(=O)NCCOCCOC)c1. The molecule has 6 amide bonds. The fourth-order valence-electron chi connectivity index (χ4n) is 5.12. The number of ether oxygens (including phenoxy) is 7. The summed E-state index contributed by atoms with van der Waals surface area (Å²) >= 11 is 0. The van der Waals surface area contributed by atoms with Crippen molar-refractivity contribution in [2.45, 2.75) is 32.6 Å². The molecule has 1 rings (SSSR count). The van der Waals surface area contributed by atoms with Gasteiger partial charge in [-0.25, -0.2) is 0 Å². The fraction of sp³-hybridized carbons (Fsp3) is 0.692. The van der Waals surface area contributed by atoms with E-state index in [0.717, 1.165) is 22.6 Å². The second kappa shape index (κ2) is 33.7. The summed E-state index contributed by atoms with van der Waals surface area (Å²) in [4.78, 5) is 82.4. The highest BCUT2D eigenvalue weighted by Gasteiger charge is 2.26. The van der Waals surface area contributed by atoms with Gasteiger partial charge in [0.2, 0.25) is 23.6 Å². The van der Waals surface area contributed by atoms with Gasteiger partial charge in [0.1, 0.15) is 26.2 Å². The Bertz CT molecular complexity index is 1200. The molecule has 58 heavy (non-hydrogen) atoms. The Morgan fingerprint density at radius 3 is 1.16 bits per heavy atom. The van der Waals surface area contributed by atoms with E-state index in [-0.39, 0.29) is 50.6 Å². The van der Waals surface area contributed by atoms with E-state index in [9.17, 15) is 28.8 Å². The lowest BCUT2D eigenvalue weighted by atomic mass is 10.0. The highest BCUT2D eigenvalue weighted by molar-refractivity contribution is 6.03. The van der Waals surface area contributed by atoms with E-state index in [0.29, 0.717) is 71.2 Å². The normalized spacial score (nSPS) is 10.8. The standard InChI is InChI=1S/C39H66N6O13/c1-6-31-24-32(38(50)44(27-34(46)40-10-8-7-9-14-52-2)28-35(47)41-11-15-56-21-18-53-3)26-33(25-31)39(51)45(29-36(48)42-12-16-57-22-19-54-4)30-37(49)43-13-17-58-23-20-55-5/h24-26H,6-23,27-30H2,1-5H3,(H,40,46)(H,41,47)(H,42,48)(H,43,49). The Labute approximate surface area is 342 Å². The van der Waals surface area contributed by atoms with Crippen LogP contribution in [0.1, 0.15) is 52.5 Å². The molecule has 0 unspecified atom stereocenters. The monoisotopic (exact) mass is 826 g/mol. The van der Waals surface area contributed by atoms with E-state index in [4.69, 9.17) is 33.2 Å². The summed E-state index contributed by atoms with van der Waals surface area (Å²) in [6.07, 6.45) is 2.79. The number of carbonyl (C=O) groups excluding carboxylic acids is 6. The predicted octanol–water partition coefficient (Wildman–Crippen LogP) is -0.596. The molecular formula is C39H66N6O13. The number of nitrogens with one attached hydrogen (secondary N) is 4. The van der Waals surface area contributed by atoms with E-state index >= 15 is 0 Å². The largest absolute Gasteiger partial charge is 0.385 e. The number of unbranched alkanes of at least 4 members (excludes halogenated alkanes) is 2. The minimum Gasteiger partial charge on any atom is -0.385 e. The summed E-state index contributed by atoms with van der Waals surface area (Å²) < 4.78 is 36.1. The Morgan fingerprint density at radius 2 is 0.810 bits per heavy atom. The van der Waals surface area contributed by atoms with Crippen molar-refractivity contribution in [2.24, 2.45) is 0 Å². The second-order valence-corrected chi connectivity index (χ2v) is 12.9. The van der Waals surface area contributed by atoms with Crippen LogP contribution in [0.5, 0.6) is 0 Å². The number of amides is 6. The third kappa shape index (κ3) is 24.5. The van der Waals surface area contributed by atoms with Crippen molar-refractivity contribution in [3.63, 3.8) is 0 Å². The van der Waals surface area contributed by atoms with Gasteiger partial charge in [-0.3, -0.25) is 28.8 Å². The Kier molecular flexibility index (Phi) is 30.1. The fourth-order valence-corrected chi connectivity index (χ4v) is 5.12. The van der Waals surface area contributed by atoms with Crippen molar-refractivity contribution in [2.75, 3.05) is 147 Å². The lowest BCUT2D eigenvalue weighted by molar-refractivity contribution is -0.126. The van der Waals surface area contributed by atoms with Crippen molar-refractivity contribution >= 4 is 35.4 Å². The van der Waals surface area contributed by atoms with Gasteiger partial charge in [-0.2, -0.15) is 0 Å². The van der Waals surface area contributed by atoms with Crippen LogP contribution in [-0.2, 0) is 58.8 Å². The van der Waals surface area contributed by atoms with E-state index in [2.05, 4.69) is 21.3 Å². The minimum atomic E-state index is -0.689. The van der Waals surface area contributed by atoms with Gasteiger partial charge >= 0.3 is 0 Å². The predicted molar refractivity (Wildman–Crippen MR) is 213 cm³/mol. The summed E-state index contributed by atoms with van der Waals surface area (Å²) in [5, 5.41) is 10.9. The van der Waals surface area contributed by atoms with Crippen LogP contribution < -0.4 is 21.3 Å². The van der Waals surface area contributed by atoms with Crippen molar-refractivity contribution in [1.82, 2.24) is 31.1 Å². The first-order chi connectivity index (χ1) is 28.1. The number of aryl methyl sites for hydroxylation is 1. The summed E-state index contributed by atoms with van der Waals surface area (Å²) in [6.45, 7) is 4.32. The van der Waals surface area contributed by atoms with Crippen LogP contribution in [-0.4, -0.2) is 192 Å². The number of nitrogens with zero attached hydrogens (tertiary/aromatic N) is 2. The molecule has 0 aromatic heterocycles. The molecule has 0 radical (unpaired) electrons. The molecule has 0 aliphatic carbocycles. The molecule has 0 bridgehead atoms. The van der Waals surface area contributed by atoms with Crippen LogP contribution in [0, 0.1) is 0 Å². The van der Waals surface area contributed by atoms with Crippen LogP contribution in [0.15, 0.2) is 18.2 Å². The molecule has 0 spiro atoms. The van der Waals surface area contributed by atoms with Crippen molar-refractivity contribution in [3.8, 4) is 0 Å². The number of carbonyl (C=O) groups is 6. The first-order valence-electron chi connectivity index (χ1n) is 19.6. The van der Waals surface area contributed by atoms with Gasteiger partial charge in [0, 0.05) is 72.4 Å². The van der Waals surface area contributed by atoms with E-state index in [1.54, 1.807) is 40.6 Å². The van der Waals surface area contributed by atoms with Gasteiger partial charge in [0.05, 0.1) is 59.5 Å². The van der Waals surface area contributed by atoms with E-state index in [1.165, 1.54) is 6.07 Å². The zero-order chi connectivity index (χ0) is 42.8. The maximum atomic E-state index is 14.1. The molecule has 0 fully saturated rings. The average Bonchev–Trinajstić information content (AvgIpc) is 3.21. The Morgan fingerprint density at radius 1 is 0.448 bits per heavy atom. The highest BCUT2D eigenvalue weighted by Crippen LogP contribution is 2.16. The van der Waals surface area contributed by atoms with Gasteiger partial charge in [0.25, 0.3) is 11.8 Å². The molecule has 19 heteroatoms. The van der Waals surface area contributed by atoms with Crippen molar-refractivity contribution in [3.05, 3.63) is 34.9 Å². The maximum absolute atomic E-state index is 14.1. The maximum Gasteiger partial charge on any atom is 0.254 e. The zero-order valence-corrected chi connectivity index (χ0v) is 35.0. The molecule has 1 aromatic rings. The number of benzene rings is 1. The molecule has 19 nitrogen and oxygen atoms in total. The molecule has 1 aromatic carbocycles. The molecule has 0 saturated heterocycles. The van der Waals surface area contributed by atoms with Crippen LogP contribution >= 0.6 is 0 Å². The molecule has 0 aliphatic heterocycles. The van der Waals surface area contributed by atoms with Crippen molar-refractivity contribution in [1.29, 1.82) is 0 Å². The van der Waals surface area contributed by atoms with Gasteiger partial charge in [-0.15, -0.1) is 0 Å². The third-order valence-corrected chi connectivity index (χ3v) is 8.16. The van der Waals surface area contributed by atoms with Crippen LogP contribution in [0.4, 0.5) is 0 Å². The van der Waals surface area contributed by atoms with Gasteiger partial charge in [0.15, 0.2) is 0 Å². The molecule has 0 aliphatic rings. The van der Waals surface area contributed by atoms with E-state index < -0.39 is 61.6 Å². The summed E-state index contributed by atoms with van der Waals surface area (Å²) in [5.41, 5.74) is 0.677. The summed E-state index contributed by atoms with van der Waals surface area (Å²) in [6, 6.07) is 4.49. The minimum absolute atomic E-state index is 0.0345. The summed E-state index contributed by atoms with van der Waals surface area (Å²) in [5.74, 6) is -3.41. The number of methoxy groups -OCH3 is 4. The van der Waals surface area contributed by atoms with Crippen LogP contribution in [0.25, 0.3) is 0 Å². The lowest BCUT2D eigenvalue weighted by Gasteiger charge is -2.24. The lowest BCUT2D eigenvalue weighted by Crippen LogP contribution is -2.47. The van der Waals surface area contributed by atoms with E-state index in [1.807, 2.05) is 6.92 Å². The molecule has 0 saturated carbocycles. The van der Waals surface area contributed by atoms with Gasteiger partial charge < -0.3 is 64.2 Å². The molecule has 0 atom stereocenters. The van der Waals surface area contributed by atoms with Gasteiger partial charge in [-0.05, 0) is 49.4 Å². The molecule has 330 valence electrons. The van der Waals surface area contributed by atoms with Gasteiger partial charge in [-0.1, -0.05) is 6.92 Å². The van der Waals surface area contributed by atoms with Crippen LogP contribution in [0.2, 0.25) is 0 Å². The highest BCUT2D eigenvalue weighted by atomic mass is 16.5. The Balaban J connectivity index is 3.28. The smallest absolute Gasteiger partial charge is 0.254 e. The second-order valence-electron chi connectivity index (χ2n) is 12.9. The number of rotatable bonds is 35. The van der Waals surface area contributed by atoms with Crippen LogP contribution in [0.3, 0.4) is 0 Å². The van der Waals surface area contributed by atoms with Crippen molar-refractivity contribution < 1.29 is 61.9 Å². The topological polar surface area (TPSA) is 222 Å². The summed E-state index contributed by atoms with van der Waals surface area (Å²) in [7, 11) is 6.26. The third-order valence-electron chi connectivity index (χ3n) is 8.16. The average molecular weight is 827 g/mol. The Hall–Kier alpha value is -4.24. The molecular weight excluding hydrogens is 760 g/mol. The zero-order valence-electron chi connectivity index (χ0n) is 35.0. The number of hydrogen-bond acceptors (Lipinski definition) is 13. The first kappa shape index (κ1) is 51.8. The quantitative estimate of drug-likeness (QED) is 0.0630. The first-order valence-corrected chi connectivity index (χ1v) is 19.6. The molecule has 4 N–H and O–H groups in total. The molecule has 0 heterocycles.